The number of rotatable bonds is 7. The van der Waals surface area contributed by atoms with Gasteiger partial charge in [0.05, 0.1) is 18.8 Å². The average molecular weight is 293 g/mol. The molecule has 0 saturated carbocycles. The van der Waals surface area contributed by atoms with Crippen LogP contribution in [0.4, 0.5) is 10.5 Å². The van der Waals surface area contributed by atoms with Crippen LogP contribution in [0, 0.1) is 5.92 Å². The number of imide groups is 1. The number of carbonyl (C=O) groups excluding carboxylic acids is 2. The van der Waals surface area contributed by atoms with Gasteiger partial charge in [0.1, 0.15) is 5.75 Å². The maximum absolute atomic E-state index is 11.7. The Morgan fingerprint density at radius 1 is 1.24 bits per heavy atom. The van der Waals surface area contributed by atoms with E-state index in [1.54, 1.807) is 0 Å². The standard InChI is InChI=1S/C15H23N3O3/c1-4-21-13-8-6-5-7-12(13)16-10-14(19)18-15(20)17-9-11(2)3/h5-8,11,16H,4,9-10H2,1-3H3,(H2,17,18,19,20). The van der Waals surface area contributed by atoms with Gasteiger partial charge in [0, 0.05) is 6.54 Å². The second kappa shape index (κ2) is 8.84. The van der Waals surface area contributed by atoms with E-state index in [0.717, 1.165) is 5.69 Å². The van der Waals surface area contributed by atoms with Crippen molar-refractivity contribution < 1.29 is 14.3 Å². The fraction of sp³-hybridized carbons (Fsp3) is 0.467. The summed E-state index contributed by atoms with van der Waals surface area (Å²) in [6, 6.07) is 6.86. The Morgan fingerprint density at radius 3 is 2.62 bits per heavy atom. The van der Waals surface area contributed by atoms with Crippen LogP contribution in [0.25, 0.3) is 0 Å². The number of hydrogen-bond acceptors (Lipinski definition) is 4. The lowest BCUT2D eigenvalue weighted by molar-refractivity contribution is -0.118. The summed E-state index contributed by atoms with van der Waals surface area (Å²) in [5.74, 6) is 0.613. The molecule has 0 atom stereocenters. The summed E-state index contributed by atoms with van der Waals surface area (Å²) in [5.41, 5.74) is 0.720. The normalized spacial score (nSPS) is 10.1. The summed E-state index contributed by atoms with van der Waals surface area (Å²) in [6.45, 7) is 6.92. The van der Waals surface area contributed by atoms with Gasteiger partial charge in [-0.3, -0.25) is 10.1 Å². The Kier molecular flexibility index (Phi) is 7.08. The first kappa shape index (κ1) is 16.8. The SMILES string of the molecule is CCOc1ccccc1NCC(=O)NC(=O)NCC(C)C. The van der Waals surface area contributed by atoms with E-state index in [4.69, 9.17) is 4.74 Å². The highest BCUT2D eigenvalue weighted by Gasteiger charge is 2.09. The van der Waals surface area contributed by atoms with Gasteiger partial charge < -0.3 is 15.4 Å². The third-order valence-corrected chi connectivity index (χ3v) is 2.55. The maximum atomic E-state index is 11.7. The fourth-order valence-corrected chi connectivity index (χ4v) is 1.58. The summed E-state index contributed by atoms with van der Waals surface area (Å²) >= 11 is 0. The van der Waals surface area contributed by atoms with Crippen LogP contribution in [0.1, 0.15) is 20.8 Å². The van der Waals surface area contributed by atoms with Crippen LogP contribution >= 0.6 is 0 Å². The molecular formula is C15H23N3O3. The number of benzene rings is 1. The zero-order chi connectivity index (χ0) is 15.7. The largest absolute Gasteiger partial charge is 0.492 e. The predicted octanol–water partition coefficient (Wildman–Crippen LogP) is 1.98. The Hall–Kier alpha value is -2.24. The monoisotopic (exact) mass is 293 g/mol. The van der Waals surface area contributed by atoms with Gasteiger partial charge in [-0.05, 0) is 25.0 Å². The third kappa shape index (κ3) is 6.65. The molecule has 0 aliphatic rings. The fourth-order valence-electron chi connectivity index (χ4n) is 1.58. The lowest BCUT2D eigenvalue weighted by atomic mass is 10.2. The number of para-hydroxylation sites is 2. The average Bonchev–Trinajstić information content (AvgIpc) is 2.44. The minimum Gasteiger partial charge on any atom is -0.492 e. The molecule has 6 heteroatoms. The molecule has 3 amide bonds. The second-order valence-electron chi connectivity index (χ2n) is 4.93. The van der Waals surface area contributed by atoms with E-state index in [0.29, 0.717) is 24.8 Å². The molecule has 0 saturated heterocycles. The molecule has 1 rings (SSSR count). The quantitative estimate of drug-likeness (QED) is 0.718. The van der Waals surface area contributed by atoms with Crippen molar-refractivity contribution in [2.24, 2.45) is 5.92 Å². The van der Waals surface area contributed by atoms with Crippen molar-refractivity contribution in [2.75, 3.05) is 25.0 Å². The molecule has 0 fully saturated rings. The first-order valence-corrected chi connectivity index (χ1v) is 7.06. The molecule has 1 aromatic carbocycles. The van der Waals surface area contributed by atoms with E-state index < -0.39 is 11.9 Å². The molecule has 3 N–H and O–H groups in total. The third-order valence-electron chi connectivity index (χ3n) is 2.55. The summed E-state index contributed by atoms with van der Waals surface area (Å²) in [5, 5.41) is 7.84. The number of hydrogen-bond donors (Lipinski definition) is 3. The summed E-state index contributed by atoms with van der Waals surface area (Å²) in [6.07, 6.45) is 0. The van der Waals surface area contributed by atoms with Crippen molar-refractivity contribution in [1.29, 1.82) is 0 Å². The number of nitrogens with one attached hydrogen (secondary N) is 3. The van der Waals surface area contributed by atoms with Crippen molar-refractivity contribution >= 4 is 17.6 Å². The van der Waals surface area contributed by atoms with Crippen LogP contribution < -0.4 is 20.7 Å². The molecule has 116 valence electrons. The molecular weight excluding hydrogens is 270 g/mol. The van der Waals surface area contributed by atoms with Crippen LogP contribution in [-0.2, 0) is 4.79 Å². The van der Waals surface area contributed by atoms with Crippen LogP contribution in [0.15, 0.2) is 24.3 Å². The molecule has 0 aliphatic carbocycles. The molecule has 21 heavy (non-hydrogen) atoms. The Bertz CT molecular complexity index is 475. The lowest BCUT2D eigenvalue weighted by Gasteiger charge is -2.12. The van der Waals surface area contributed by atoms with E-state index in [-0.39, 0.29) is 6.54 Å². The highest BCUT2D eigenvalue weighted by Crippen LogP contribution is 2.23. The number of urea groups is 1. The van der Waals surface area contributed by atoms with Gasteiger partial charge in [-0.2, -0.15) is 0 Å². The van der Waals surface area contributed by atoms with Gasteiger partial charge in [0.2, 0.25) is 5.91 Å². The molecule has 0 unspecified atom stereocenters. The zero-order valence-electron chi connectivity index (χ0n) is 12.7. The van der Waals surface area contributed by atoms with Crippen LogP contribution in [-0.4, -0.2) is 31.6 Å². The van der Waals surface area contributed by atoms with Gasteiger partial charge in [0.25, 0.3) is 0 Å². The van der Waals surface area contributed by atoms with Gasteiger partial charge in [-0.15, -0.1) is 0 Å². The van der Waals surface area contributed by atoms with Gasteiger partial charge in [-0.25, -0.2) is 4.79 Å². The number of carbonyl (C=O) groups is 2. The second-order valence-corrected chi connectivity index (χ2v) is 4.93. The first-order chi connectivity index (χ1) is 10.0. The molecule has 6 nitrogen and oxygen atoms in total. The summed E-state index contributed by atoms with van der Waals surface area (Å²) in [4.78, 5) is 23.1. The van der Waals surface area contributed by atoms with Gasteiger partial charge >= 0.3 is 6.03 Å². The van der Waals surface area contributed by atoms with E-state index >= 15 is 0 Å². The predicted molar refractivity (Wildman–Crippen MR) is 82.5 cm³/mol. The van der Waals surface area contributed by atoms with Crippen molar-refractivity contribution in [1.82, 2.24) is 10.6 Å². The Labute approximate surface area is 125 Å². The van der Waals surface area contributed by atoms with Crippen LogP contribution in [0.5, 0.6) is 5.75 Å². The van der Waals surface area contributed by atoms with E-state index in [2.05, 4.69) is 16.0 Å². The smallest absolute Gasteiger partial charge is 0.321 e. The van der Waals surface area contributed by atoms with Crippen molar-refractivity contribution in [3.05, 3.63) is 24.3 Å². The summed E-state index contributed by atoms with van der Waals surface area (Å²) in [7, 11) is 0. The molecule has 1 aromatic rings. The number of anilines is 1. The molecule has 0 heterocycles. The molecule has 0 spiro atoms. The minimum absolute atomic E-state index is 0.000807. The Balaban J connectivity index is 2.41. The molecule has 0 aliphatic heterocycles. The molecule has 0 bridgehead atoms. The van der Waals surface area contributed by atoms with E-state index in [1.165, 1.54) is 0 Å². The van der Waals surface area contributed by atoms with E-state index in [9.17, 15) is 9.59 Å². The molecule has 0 aromatic heterocycles. The summed E-state index contributed by atoms with van der Waals surface area (Å²) < 4.78 is 5.44. The minimum atomic E-state index is -0.478. The molecule has 0 radical (unpaired) electrons. The topological polar surface area (TPSA) is 79.5 Å². The van der Waals surface area contributed by atoms with Gasteiger partial charge in [0.15, 0.2) is 0 Å². The Morgan fingerprint density at radius 2 is 1.95 bits per heavy atom. The first-order valence-electron chi connectivity index (χ1n) is 7.06. The maximum Gasteiger partial charge on any atom is 0.321 e. The van der Waals surface area contributed by atoms with Gasteiger partial charge in [-0.1, -0.05) is 26.0 Å². The highest BCUT2D eigenvalue weighted by atomic mass is 16.5. The lowest BCUT2D eigenvalue weighted by Crippen LogP contribution is -2.43. The zero-order valence-corrected chi connectivity index (χ0v) is 12.7. The number of amides is 3. The van der Waals surface area contributed by atoms with Crippen molar-refractivity contribution in [3.8, 4) is 5.75 Å². The number of ether oxygens (including phenoxy) is 1. The van der Waals surface area contributed by atoms with E-state index in [1.807, 2.05) is 45.0 Å². The van der Waals surface area contributed by atoms with Crippen molar-refractivity contribution in [3.63, 3.8) is 0 Å². The van der Waals surface area contributed by atoms with Crippen molar-refractivity contribution in [2.45, 2.75) is 20.8 Å². The van der Waals surface area contributed by atoms with Crippen LogP contribution in [0.2, 0.25) is 0 Å². The van der Waals surface area contributed by atoms with Crippen LogP contribution in [0.3, 0.4) is 0 Å². The highest BCUT2D eigenvalue weighted by molar-refractivity contribution is 5.96.